The maximum absolute atomic E-state index is 11.2. The predicted molar refractivity (Wildman–Crippen MR) is 46.3 cm³/mol. The lowest BCUT2D eigenvalue weighted by Crippen LogP contribution is -2.19. The Morgan fingerprint density at radius 1 is 1.58 bits per heavy atom. The van der Waals surface area contributed by atoms with Crippen LogP contribution in [0.4, 0.5) is 11.4 Å². The highest BCUT2D eigenvalue weighted by Gasteiger charge is 2.08. The number of aryl methyl sites for hydroxylation is 1. The van der Waals surface area contributed by atoms with E-state index in [9.17, 15) is 9.70 Å². The standard InChI is InChI=1S/C7H9N3O2/c1-4-3-5(8)6(9-12)7(11)10(4)2/h3H,8H2,1-2H3. The van der Waals surface area contributed by atoms with E-state index in [0.717, 1.165) is 0 Å². The number of rotatable bonds is 1. The van der Waals surface area contributed by atoms with E-state index in [1.165, 1.54) is 10.6 Å². The third kappa shape index (κ3) is 1.09. The molecule has 0 aliphatic rings. The Bertz CT molecular complexity index is 381. The van der Waals surface area contributed by atoms with Crippen LogP contribution in [0, 0.1) is 11.8 Å². The third-order valence-corrected chi connectivity index (χ3v) is 1.77. The van der Waals surface area contributed by atoms with Crippen LogP contribution < -0.4 is 11.3 Å². The number of aromatic nitrogens is 1. The van der Waals surface area contributed by atoms with Crippen LogP contribution >= 0.6 is 0 Å². The first-order chi connectivity index (χ1) is 5.57. The second-order valence-corrected chi connectivity index (χ2v) is 2.55. The Labute approximate surface area is 68.8 Å². The summed E-state index contributed by atoms with van der Waals surface area (Å²) in [5, 5.41) is 2.56. The van der Waals surface area contributed by atoms with Gasteiger partial charge in [0.05, 0.1) is 5.69 Å². The van der Waals surface area contributed by atoms with Crippen molar-refractivity contribution in [2.75, 3.05) is 5.73 Å². The molecule has 5 heteroatoms. The molecule has 0 saturated carbocycles. The molecule has 2 N–H and O–H groups in total. The normalized spacial score (nSPS) is 9.83. The molecule has 0 aliphatic heterocycles. The first-order valence-corrected chi connectivity index (χ1v) is 3.37. The highest BCUT2D eigenvalue weighted by atomic mass is 16.3. The molecule has 0 amide bonds. The molecular formula is C7H9N3O2. The summed E-state index contributed by atoms with van der Waals surface area (Å²) >= 11 is 0. The molecule has 12 heavy (non-hydrogen) atoms. The summed E-state index contributed by atoms with van der Waals surface area (Å²) in [4.78, 5) is 21.4. The van der Waals surface area contributed by atoms with E-state index in [2.05, 4.69) is 5.18 Å². The Balaban J connectivity index is 3.63. The number of hydrogen-bond donors (Lipinski definition) is 1. The van der Waals surface area contributed by atoms with Gasteiger partial charge in [-0.25, -0.2) is 0 Å². The van der Waals surface area contributed by atoms with Crippen LogP contribution in [0.2, 0.25) is 0 Å². The topological polar surface area (TPSA) is 77.4 Å². The molecule has 0 aliphatic carbocycles. The lowest BCUT2D eigenvalue weighted by molar-refractivity contribution is 0.820. The summed E-state index contributed by atoms with van der Waals surface area (Å²) < 4.78 is 1.33. The van der Waals surface area contributed by atoms with E-state index in [0.29, 0.717) is 5.69 Å². The summed E-state index contributed by atoms with van der Waals surface area (Å²) in [6, 6.07) is 1.54. The molecule has 1 aromatic rings. The SMILES string of the molecule is Cc1cc(N)c(N=O)c(=O)n1C. The van der Waals surface area contributed by atoms with Gasteiger partial charge in [-0.15, -0.1) is 4.91 Å². The summed E-state index contributed by atoms with van der Waals surface area (Å²) in [5.41, 5.74) is 5.55. The molecule has 1 aromatic heterocycles. The zero-order chi connectivity index (χ0) is 9.30. The molecule has 0 aromatic carbocycles. The molecule has 0 radical (unpaired) electrons. The van der Waals surface area contributed by atoms with Crippen molar-refractivity contribution in [1.29, 1.82) is 0 Å². The van der Waals surface area contributed by atoms with E-state index in [1.54, 1.807) is 14.0 Å². The van der Waals surface area contributed by atoms with Gasteiger partial charge < -0.3 is 10.3 Å². The molecule has 0 unspecified atom stereocenters. The minimum Gasteiger partial charge on any atom is -0.397 e. The summed E-state index contributed by atoms with van der Waals surface area (Å²) in [6.45, 7) is 1.73. The molecule has 64 valence electrons. The first kappa shape index (κ1) is 8.45. The van der Waals surface area contributed by atoms with Crippen LogP contribution in [-0.4, -0.2) is 4.57 Å². The highest BCUT2D eigenvalue weighted by Crippen LogP contribution is 2.16. The zero-order valence-electron chi connectivity index (χ0n) is 6.87. The fourth-order valence-electron chi connectivity index (χ4n) is 0.924. The molecule has 1 heterocycles. The Morgan fingerprint density at radius 3 is 2.67 bits per heavy atom. The maximum atomic E-state index is 11.2. The van der Waals surface area contributed by atoms with E-state index >= 15 is 0 Å². The molecular weight excluding hydrogens is 158 g/mol. The Morgan fingerprint density at radius 2 is 2.17 bits per heavy atom. The van der Waals surface area contributed by atoms with Crippen molar-refractivity contribution < 1.29 is 0 Å². The van der Waals surface area contributed by atoms with Gasteiger partial charge in [0.25, 0.3) is 5.56 Å². The smallest absolute Gasteiger partial charge is 0.282 e. The van der Waals surface area contributed by atoms with Gasteiger partial charge in [0.15, 0.2) is 5.69 Å². The zero-order valence-corrected chi connectivity index (χ0v) is 6.87. The van der Waals surface area contributed by atoms with Crippen LogP contribution in [0.15, 0.2) is 16.0 Å². The van der Waals surface area contributed by atoms with Crippen LogP contribution in [0.5, 0.6) is 0 Å². The van der Waals surface area contributed by atoms with Crippen LogP contribution in [-0.2, 0) is 7.05 Å². The summed E-state index contributed by atoms with van der Waals surface area (Å²) in [6.07, 6.45) is 0. The number of nitrogen functional groups attached to an aromatic ring is 1. The second kappa shape index (κ2) is 2.77. The highest BCUT2D eigenvalue weighted by molar-refractivity contribution is 5.61. The van der Waals surface area contributed by atoms with Crippen molar-refractivity contribution >= 4 is 11.4 Å². The summed E-state index contributed by atoms with van der Waals surface area (Å²) in [7, 11) is 1.56. The summed E-state index contributed by atoms with van der Waals surface area (Å²) in [5.74, 6) is 0. The lowest BCUT2D eigenvalue weighted by Gasteiger charge is -2.04. The monoisotopic (exact) mass is 167 g/mol. The van der Waals surface area contributed by atoms with Crippen molar-refractivity contribution in [3.05, 3.63) is 27.0 Å². The number of pyridine rings is 1. The van der Waals surface area contributed by atoms with E-state index in [1.807, 2.05) is 0 Å². The van der Waals surface area contributed by atoms with Crippen LogP contribution in [0.3, 0.4) is 0 Å². The fourth-order valence-corrected chi connectivity index (χ4v) is 0.924. The second-order valence-electron chi connectivity index (χ2n) is 2.55. The van der Waals surface area contributed by atoms with Crippen molar-refractivity contribution in [1.82, 2.24) is 4.57 Å². The first-order valence-electron chi connectivity index (χ1n) is 3.37. The van der Waals surface area contributed by atoms with Gasteiger partial charge in [0, 0.05) is 12.7 Å². The van der Waals surface area contributed by atoms with Gasteiger partial charge in [-0.05, 0) is 18.2 Å². The van der Waals surface area contributed by atoms with Gasteiger partial charge in [-0.3, -0.25) is 4.79 Å². The molecule has 0 atom stereocenters. The van der Waals surface area contributed by atoms with E-state index in [-0.39, 0.29) is 11.4 Å². The fraction of sp³-hybridized carbons (Fsp3) is 0.286. The van der Waals surface area contributed by atoms with Crippen LogP contribution in [0.1, 0.15) is 5.69 Å². The van der Waals surface area contributed by atoms with Crippen LogP contribution in [0.25, 0.3) is 0 Å². The number of hydrogen-bond acceptors (Lipinski definition) is 4. The minimum atomic E-state index is -0.456. The van der Waals surface area contributed by atoms with Gasteiger partial charge >= 0.3 is 0 Å². The average molecular weight is 167 g/mol. The van der Waals surface area contributed by atoms with Gasteiger partial charge in [-0.2, -0.15) is 0 Å². The molecule has 0 spiro atoms. The largest absolute Gasteiger partial charge is 0.397 e. The van der Waals surface area contributed by atoms with Crippen molar-refractivity contribution in [3.63, 3.8) is 0 Å². The number of nitrogens with zero attached hydrogens (tertiary/aromatic N) is 2. The minimum absolute atomic E-state index is 0.130. The quantitative estimate of drug-likeness (QED) is 0.624. The molecule has 0 bridgehead atoms. The van der Waals surface area contributed by atoms with Crippen molar-refractivity contribution in [2.45, 2.75) is 6.92 Å². The molecule has 5 nitrogen and oxygen atoms in total. The number of nitroso groups, excluding NO2 is 1. The molecule has 0 saturated heterocycles. The van der Waals surface area contributed by atoms with Gasteiger partial charge in [0.1, 0.15) is 0 Å². The predicted octanol–water partition coefficient (Wildman–Crippen LogP) is 0.674. The van der Waals surface area contributed by atoms with Gasteiger partial charge in [0.2, 0.25) is 0 Å². The average Bonchev–Trinajstić information content (AvgIpc) is 2.01. The molecule has 0 fully saturated rings. The number of nitrogens with two attached hydrogens (primary N) is 1. The lowest BCUT2D eigenvalue weighted by atomic mass is 10.3. The maximum Gasteiger partial charge on any atom is 0.282 e. The Hall–Kier alpha value is -1.65. The van der Waals surface area contributed by atoms with Crippen molar-refractivity contribution in [3.8, 4) is 0 Å². The van der Waals surface area contributed by atoms with Gasteiger partial charge in [-0.1, -0.05) is 0 Å². The van der Waals surface area contributed by atoms with Crippen molar-refractivity contribution in [2.24, 2.45) is 12.2 Å². The third-order valence-electron chi connectivity index (χ3n) is 1.77. The van der Waals surface area contributed by atoms with E-state index < -0.39 is 5.56 Å². The number of anilines is 1. The molecule has 1 rings (SSSR count). The van der Waals surface area contributed by atoms with E-state index in [4.69, 9.17) is 5.73 Å². The Kier molecular flexibility index (Phi) is 1.95.